The first-order chi connectivity index (χ1) is 12.3. The molecule has 0 saturated carbocycles. The smallest absolute Gasteiger partial charge is 0.253 e. The van der Waals surface area contributed by atoms with Crippen LogP contribution in [0.1, 0.15) is 23.7 Å². The van der Waals surface area contributed by atoms with Crippen LogP contribution in [0, 0.1) is 0 Å². The van der Waals surface area contributed by atoms with Crippen molar-refractivity contribution in [1.29, 1.82) is 0 Å². The lowest BCUT2D eigenvalue weighted by Crippen LogP contribution is -2.48. The minimum atomic E-state index is -3.54. The van der Waals surface area contributed by atoms with Gasteiger partial charge in [0.1, 0.15) is 0 Å². The summed E-state index contributed by atoms with van der Waals surface area (Å²) in [7, 11) is 0.365. The van der Waals surface area contributed by atoms with Gasteiger partial charge in [-0.05, 0) is 57.9 Å². The van der Waals surface area contributed by atoms with Gasteiger partial charge >= 0.3 is 0 Å². The van der Waals surface area contributed by atoms with Crippen LogP contribution in [0.2, 0.25) is 0 Å². The molecular weight excluding hydrogens is 352 g/mol. The number of carbonyl (C=O) groups is 1. The summed E-state index contributed by atoms with van der Waals surface area (Å²) in [4.78, 5) is 18.9. The Morgan fingerprint density at radius 1 is 1.12 bits per heavy atom. The van der Waals surface area contributed by atoms with E-state index in [1.54, 1.807) is 12.1 Å². The molecule has 0 atom stereocenters. The van der Waals surface area contributed by atoms with Gasteiger partial charge in [0.25, 0.3) is 5.91 Å². The van der Waals surface area contributed by atoms with Crippen LogP contribution in [0.5, 0.6) is 0 Å². The molecule has 0 radical (unpaired) electrons. The zero-order valence-electron chi connectivity index (χ0n) is 15.9. The molecule has 0 bridgehead atoms. The molecule has 7 nitrogen and oxygen atoms in total. The van der Waals surface area contributed by atoms with E-state index < -0.39 is 10.0 Å². The topological polar surface area (TPSA) is 73.0 Å². The highest BCUT2D eigenvalue weighted by Gasteiger charge is 2.22. The summed E-state index contributed by atoms with van der Waals surface area (Å²) in [5, 5.41) is 0. The first-order valence-electron chi connectivity index (χ1n) is 9.09. The van der Waals surface area contributed by atoms with Crippen LogP contribution in [0.25, 0.3) is 0 Å². The molecule has 1 fully saturated rings. The summed E-state index contributed by atoms with van der Waals surface area (Å²) in [6, 6.07) is 6.21. The van der Waals surface area contributed by atoms with Gasteiger partial charge in [-0.1, -0.05) is 6.92 Å². The molecule has 1 amide bonds. The average molecular weight is 383 g/mol. The van der Waals surface area contributed by atoms with Crippen molar-refractivity contribution in [2.24, 2.45) is 0 Å². The highest BCUT2D eigenvalue weighted by atomic mass is 32.2. The number of amides is 1. The largest absolute Gasteiger partial charge is 0.336 e. The lowest BCUT2D eigenvalue weighted by molar-refractivity contribution is 0.0643. The van der Waals surface area contributed by atoms with Crippen molar-refractivity contribution in [2.75, 3.05) is 59.9 Å². The standard InChI is InChI=1S/C18H30N4O3S/c1-4-21-12-14-22(15-13-21)18(23)16-6-8-17(9-7-16)26(24,25)19-10-5-11-20(2)3/h6-9,19H,4-5,10-15H2,1-3H3. The van der Waals surface area contributed by atoms with E-state index >= 15 is 0 Å². The molecule has 1 heterocycles. The number of benzene rings is 1. The van der Waals surface area contributed by atoms with E-state index in [-0.39, 0.29) is 10.8 Å². The first kappa shape index (κ1) is 20.8. The SMILES string of the molecule is CCN1CCN(C(=O)c2ccc(S(=O)(=O)NCCCN(C)C)cc2)CC1. The zero-order valence-corrected chi connectivity index (χ0v) is 16.8. The molecule has 0 spiro atoms. The van der Waals surface area contributed by atoms with E-state index in [1.807, 2.05) is 23.9 Å². The van der Waals surface area contributed by atoms with Crippen molar-refractivity contribution in [1.82, 2.24) is 19.4 Å². The highest BCUT2D eigenvalue weighted by Crippen LogP contribution is 2.13. The third kappa shape index (κ3) is 5.77. The van der Waals surface area contributed by atoms with Crippen LogP contribution in [0.4, 0.5) is 0 Å². The number of hydrogen-bond acceptors (Lipinski definition) is 5. The van der Waals surface area contributed by atoms with E-state index in [2.05, 4.69) is 16.5 Å². The Morgan fingerprint density at radius 2 is 1.73 bits per heavy atom. The van der Waals surface area contributed by atoms with E-state index in [4.69, 9.17) is 0 Å². The number of carbonyl (C=O) groups excluding carboxylic acids is 1. The zero-order chi connectivity index (χ0) is 19.2. The molecule has 0 aliphatic carbocycles. The summed E-state index contributed by atoms with van der Waals surface area (Å²) in [6.45, 7) is 7.50. The van der Waals surface area contributed by atoms with Crippen LogP contribution in [0.15, 0.2) is 29.2 Å². The molecule has 0 unspecified atom stereocenters. The lowest BCUT2D eigenvalue weighted by atomic mass is 10.2. The molecule has 1 aliphatic rings. The molecule has 1 saturated heterocycles. The number of nitrogens with one attached hydrogen (secondary N) is 1. The lowest BCUT2D eigenvalue weighted by Gasteiger charge is -2.34. The van der Waals surface area contributed by atoms with Crippen LogP contribution in [-0.2, 0) is 10.0 Å². The summed E-state index contributed by atoms with van der Waals surface area (Å²) in [6.07, 6.45) is 0.743. The van der Waals surface area contributed by atoms with Crippen LogP contribution < -0.4 is 4.72 Å². The molecule has 1 aromatic carbocycles. The maximum atomic E-state index is 12.6. The van der Waals surface area contributed by atoms with Crippen LogP contribution in [-0.4, -0.2) is 88.9 Å². The molecule has 1 aliphatic heterocycles. The number of hydrogen-bond donors (Lipinski definition) is 1. The second-order valence-corrected chi connectivity index (χ2v) is 8.57. The normalized spacial score (nSPS) is 16.2. The molecule has 146 valence electrons. The number of piperazine rings is 1. The van der Waals surface area contributed by atoms with Crippen molar-refractivity contribution in [3.05, 3.63) is 29.8 Å². The minimum Gasteiger partial charge on any atom is -0.336 e. The van der Waals surface area contributed by atoms with Gasteiger partial charge in [0, 0.05) is 38.3 Å². The van der Waals surface area contributed by atoms with Gasteiger partial charge < -0.3 is 14.7 Å². The van der Waals surface area contributed by atoms with E-state index in [1.165, 1.54) is 12.1 Å². The van der Waals surface area contributed by atoms with Gasteiger partial charge in [-0.3, -0.25) is 4.79 Å². The summed E-state index contributed by atoms with van der Waals surface area (Å²) in [5.74, 6) is -0.0383. The van der Waals surface area contributed by atoms with Gasteiger partial charge in [0.15, 0.2) is 0 Å². The molecule has 1 aromatic rings. The van der Waals surface area contributed by atoms with Gasteiger partial charge in [-0.25, -0.2) is 13.1 Å². The second-order valence-electron chi connectivity index (χ2n) is 6.81. The Kier molecular flexibility index (Phi) is 7.57. The maximum Gasteiger partial charge on any atom is 0.253 e. The Bertz CT molecular complexity index is 681. The van der Waals surface area contributed by atoms with Crippen molar-refractivity contribution in [3.8, 4) is 0 Å². The highest BCUT2D eigenvalue weighted by molar-refractivity contribution is 7.89. The van der Waals surface area contributed by atoms with Gasteiger partial charge in [-0.15, -0.1) is 0 Å². The molecule has 8 heteroatoms. The van der Waals surface area contributed by atoms with Crippen molar-refractivity contribution in [2.45, 2.75) is 18.2 Å². The first-order valence-corrected chi connectivity index (χ1v) is 10.6. The second kappa shape index (κ2) is 9.45. The predicted octanol–water partition coefficient (Wildman–Crippen LogP) is 0.694. The molecule has 2 rings (SSSR count). The minimum absolute atomic E-state index is 0.0383. The quantitative estimate of drug-likeness (QED) is 0.670. The molecule has 0 aromatic heterocycles. The van der Waals surface area contributed by atoms with E-state index in [0.29, 0.717) is 25.2 Å². The van der Waals surface area contributed by atoms with E-state index in [0.717, 1.165) is 32.6 Å². The fourth-order valence-electron chi connectivity index (χ4n) is 2.91. The molecule has 26 heavy (non-hydrogen) atoms. The van der Waals surface area contributed by atoms with E-state index in [9.17, 15) is 13.2 Å². The third-order valence-electron chi connectivity index (χ3n) is 4.59. The fourth-order valence-corrected chi connectivity index (χ4v) is 3.99. The Hall–Kier alpha value is -1.48. The Labute approximate surface area is 157 Å². The van der Waals surface area contributed by atoms with Gasteiger partial charge in [0.2, 0.25) is 10.0 Å². The number of nitrogens with zero attached hydrogens (tertiary/aromatic N) is 3. The summed E-state index contributed by atoms with van der Waals surface area (Å²) < 4.78 is 27.2. The van der Waals surface area contributed by atoms with Crippen LogP contribution in [0.3, 0.4) is 0 Å². The number of likely N-dealkylation sites (N-methyl/N-ethyl adjacent to an activating group) is 1. The average Bonchev–Trinajstić information content (AvgIpc) is 2.65. The monoisotopic (exact) mass is 382 g/mol. The summed E-state index contributed by atoms with van der Waals surface area (Å²) in [5.41, 5.74) is 0.529. The van der Waals surface area contributed by atoms with Gasteiger partial charge in [-0.2, -0.15) is 0 Å². The Balaban J connectivity index is 1.93. The fraction of sp³-hybridized carbons (Fsp3) is 0.611. The third-order valence-corrected chi connectivity index (χ3v) is 6.07. The molecular formula is C18H30N4O3S. The Morgan fingerprint density at radius 3 is 2.27 bits per heavy atom. The van der Waals surface area contributed by atoms with Crippen molar-refractivity contribution < 1.29 is 13.2 Å². The summed E-state index contributed by atoms with van der Waals surface area (Å²) >= 11 is 0. The van der Waals surface area contributed by atoms with Gasteiger partial charge in [0.05, 0.1) is 4.90 Å². The van der Waals surface area contributed by atoms with Crippen molar-refractivity contribution >= 4 is 15.9 Å². The molecule has 1 N–H and O–H groups in total. The number of rotatable bonds is 8. The van der Waals surface area contributed by atoms with Crippen LogP contribution >= 0.6 is 0 Å². The maximum absolute atomic E-state index is 12.6. The number of sulfonamides is 1. The van der Waals surface area contributed by atoms with Crippen molar-refractivity contribution in [3.63, 3.8) is 0 Å². The predicted molar refractivity (Wildman–Crippen MR) is 103 cm³/mol.